The largest absolute Gasteiger partial charge is 0.497 e. The van der Waals surface area contributed by atoms with E-state index < -0.39 is 17.8 Å². The Balaban J connectivity index is 1.56. The first-order valence-corrected chi connectivity index (χ1v) is 14.1. The molecule has 1 heterocycles. The first-order valence-electron chi connectivity index (χ1n) is 13.2. The average molecular weight is 583 g/mol. The van der Waals surface area contributed by atoms with Gasteiger partial charge in [0.2, 0.25) is 5.91 Å². The highest BCUT2D eigenvalue weighted by Crippen LogP contribution is 2.41. The Hall–Kier alpha value is -5.01. The van der Waals surface area contributed by atoms with Crippen molar-refractivity contribution in [3.63, 3.8) is 0 Å². The third-order valence-electron chi connectivity index (χ3n) is 6.38. The number of thioether (sulfide) groups is 1. The van der Waals surface area contributed by atoms with Crippen molar-refractivity contribution in [3.8, 4) is 11.8 Å². The number of benzene rings is 3. The number of nitriles is 1. The van der Waals surface area contributed by atoms with Gasteiger partial charge in [0.05, 0.1) is 47.6 Å². The van der Waals surface area contributed by atoms with Gasteiger partial charge in [-0.25, -0.2) is 4.79 Å². The smallest absolute Gasteiger partial charge is 0.338 e. The predicted octanol–water partition coefficient (Wildman–Crippen LogP) is 5.58. The first kappa shape index (κ1) is 30.0. The van der Waals surface area contributed by atoms with E-state index in [1.807, 2.05) is 30.3 Å². The molecule has 42 heavy (non-hydrogen) atoms. The van der Waals surface area contributed by atoms with E-state index >= 15 is 0 Å². The molecule has 1 aliphatic rings. The van der Waals surface area contributed by atoms with E-state index in [-0.39, 0.29) is 18.3 Å². The monoisotopic (exact) mass is 582 g/mol. The van der Waals surface area contributed by atoms with E-state index in [9.17, 15) is 19.6 Å². The lowest BCUT2D eigenvalue weighted by Gasteiger charge is -2.30. The van der Waals surface area contributed by atoms with Crippen molar-refractivity contribution in [1.29, 1.82) is 5.26 Å². The molecule has 2 amide bonds. The molecule has 0 saturated heterocycles. The van der Waals surface area contributed by atoms with Gasteiger partial charge in [0.25, 0.3) is 5.91 Å². The summed E-state index contributed by atoms with van der Waals surface area (Å²) >= 11 is 1.19. The molecule has 0 fully saturated rings. The van der Waals surface area contributed by atoms with Crippen LogP contribution in [0.2, 0.25) is 0 Å². The highest BCUT2D eigenvalue weighted by atomic mass is 32.2. The number of carbonyl (C=O) groups is 3. The number of hydrogen-bond donors (Lipinski definition) is 3. The number of dihydropyridines is 1. The molecule has 214 valence electrons. The fourth-order valence-corrected chi connectivity index (χ4v) is 5.34. The molecule has 1 unspecified atom stereocenters. The molecular formula is C32H30N4O5S. The van der Waals surface area contributed by atoms with Gasteiger partial charge in [-0.1, -0.05) is 48.2 Å². The number of carbonyl (C=O) groups excluding carboxylic acids is 3. The number of anilines is 2. The predicted molar refractivity (Wildman–Crippen MR) is 163 cm³/mol. The normalized spacial score (nSPS) is 14.4. The lowest BCUT2D eigenvalue weighted by Crippen LogP contribution is -2.31. The van der Waals surface area contributed by atoms with Crippen molar-refractivity contribution in [2.75, 3.05) is 30.1 Å². The zero-order valence-corrected chi connectivity index (χ0v) is 24.2. The van der Waals surface area contributed by atoms with Crippen molar-refractivity contribution < 1.29 is 23.9 Å². The number of esters is 1. The van der Waals surface area contributed by atoms with Gasteiger partial charge in [-0.05, 0) is 55.8 Å². The van der Waals surface area contributed by atoms with Crippen LogP contribution in [0.3, 0.4) is 0 Å². The van der Waals surface area contributed by atoms with Gasteiger partial charge in [-0.15, -0.1) is 0 Å². The van der Waals surface area contributed by atoms with E-state index in [1.54, 1.807) is 69.5 Å². The molecule has 0 radical (unpaired) electrons. The van der Waals surface area contributed by atoms with Gasteiger partial charge in [-0.3, -0.25) is 9.59 Å². The van der Waals surface area contributed by atoms with Crippen LogP contribution in [0.15, 0.2) is 101 Å². The zero-order valence-electron chi connectivity index (χ0n) is 23.4. The highest BCUT2D eigenvalue weighted by molar-refractivity contribution is 8.03. The molecule has 0 saturated carbocycles. The minimum absolute atomic E-state index is 0.0356. The van der Waals surface area contributed by atoms with Crippen LogP contribution in [-0.2, 0) is 14.3 Å². The van der Waals surface area contributed by atoms with Crippen LogP contribution in [0.5, 0.6) is 5.75 Å². The first-order chi connectivity index (χ1) is 20.3. The van der Waals surface area contributed by atoms with E-state index in [0.29, 0.717) is 44.6 Å². The SMILES string of the molecule is CCOC(=O)c1ccc(NC(=O)C2=C(C)NC(SCC(=O)Nc3cccc(OC)c3)=C(C#N)C2c2ccccc2)cc1. The molecule has 4 rings (SSSR count). The number of rotatable bonds is 10. The van der Waals surface area contributed by atoms with Gasteiger partial charge >= 0.3 is 5.97 Å². The summed E-state index contributed by atoms with van der Waals surface area (Å²) in [5, 5.41) is 19.7. The van der Waals surface area contributed by atoms with E-state index in [4.69, 9.17) is 9.47 Å². The summed E-state index contributed by atoms with van der Waals surface area (Å²) in [5.74, 6) is -1.11. The number of ether oxygens (including phenoxy) is 2. The van der Waals surface area contributed by atoms with Crippen molar-refractivity contribution in [1.82, 2.24) is 5.32 Å². The summed E-state index contributed by atoms with van der Waals surface area (Å²) in [6.45, 7) is 3.76. The number of allylic oxidation sites excluding steroid dienone is 2. The Morgan fingerprint density at radius 1 is 0.976 bits per heavy atom. The number of methoxy groups -OCH3 is 1. The van der Waals surface area contributed by atoms with Crippen LogP contribution in [0.1, 0.15) is 35.7 Å². The molecule has 3 N–H and O–H groups in total. The third kappa shape index (κ3) is 7.19. The second-order valence-electron chi connectivity index (χ2n) is 9.18. The molecule has 3 aromatic carbocycles. The Morgan fingerprint density at radius 2 is 1.71 bits per heavy atom. The van der Waals surface area contributed by atoms with E-state index in [2.05, 4.69) is 22.0 Å². The van der Waals surface area contributed by atoms with Crippen molar-refractivity contribution >= 4 is 40.9 Å². The number of nitrogens with zero attached hydrogens (tertiary/aromatic N) is 1. The Bertz CT molecular complexity index is 1580. The topological polar surface area (TPSA) is 130 Å². The van der Waals surface area contributed by atoms with Crippen LogP contribution in [0.25, 0.3) is 0 Å². The zero-order chi connectivity index (χ0) is 30.1. The standard InChI is InChI=1S/C32H30N4O5S/c1-4-41-32(39)22-13-15-23(16-14-22)36-30(38)28-20(2)34-31(26(18-33)29(28)21-9-6-5-7-10-21)42-19-27(37)35-24-11-8-12-25(17-24)40-3/h5-17,29,34H,4,19H2,1-3H3,(H,35,37)(H,36,38). The van der Waals surface area contributed by atoms with E-state index in [1.165, 1.54) is 11.8 Å². The van der Waals surface area contributed by atoms with Gasteiger partial charge in [-0.2, -0.15) is 5.26 Å². The number of hydrogen-bond acceptors (Lipinski definition) is 8. The quantitative estimate of drug-likeness (QED) is 0.264. The Morgan fingerprint density at radius 3 is 2.38 bits per heavy atom. The number of amides is 2. The van der Waals surface area contributed by atoms with Crippen LogP contribution in [0.4, 0.5) is 11.4 Å². The summed E-state index contributed by atoms with van der Waals surface area (Å²) in [7, 11) is 1.55. The highest BCUT2D eigenvalue weighted by Gasteiger charge is 2.34. The molecule has 9 nitrogen and oxygen atoms in total. The molecule has 0 bridgehead atoms. The lowest BCUT2D eigenvalue weighted by atomic mass is 9.82. The van der Waals surface area contributed by atoms with Gasteiger partial charge in [0, 0.05) is 28.7 Å². The Labute approximate surface area is 248 Å². The summed E-state index contributed by atoms with van der Waals surface area (Å²) in [6, 6.07) is 25.0. The van der Waals surface area contributed by atoms with Crippen LogP contribution >= 0.6 is 11.8 Å². The maximum atomic E-state index is 13.7. The third-order valence-corrected chi connectivity index (χ3v) is 7.40. The van der Waals surface area contributed by atoms with Gasteiger partial charge < -0.3 is 25.4 Å². The minimum atomic E-state index is -0.666. The molecule has 10 heteroatoms. The summed E-state index contributed by atoms with van der Waals surface area (Å²) in [6.07, 6.45) is 0. The maximum absolute atomic E-state index is 13.7. The fourth-order valence-electron chi connectivity index (χ4n) is 4.44. The molecule has 0 spiro atoms. The van der Waals surface area contributed by atoms with Crippen molar-refractivity contribution in [2.45, 2.75) is 19.8 Å². The van der Waals surface area contributed by atoms with Crippen LogP contribution in [-0.4, -0.2) is 37.3 Å². The second kappa shape index (κ2) is 14.1. The lowest BCUT2D eigenvalue weighted by molar-refractivity contribution is -0.114. The van der Waals surface area contributed by atoms with Crippen LogP contribution < -0.4 is 20.7 Å². The molecule has 0 aliphatic carbocycles. The fraction of sp³-hybridized carbons (Fsp3) is 0.188. The van der Waals surface area contributed by atoms with Crippen molar-refractivity contribution in [3.05, 3.63) is 112 Å². The molecule has 1 aliphatic heterocycles. The molecular weight excluding hydrogens is 552 g/mol. The van der Waals surface area contributed by atoms with E-state index in [0.717, 1.165) is 5.56 Å². The molecule has 3 aromatic rings. The minimum Gasteiger partial charge on any atom is -0.497 e. The molecule has 1 atom stereocenters. The van der Waals surface area contributed by atoms with Crippen molar-refractivity contribution in [2.24, 2.45) is 0 Å². The number of nitrogens with one attached hydrogen (secondary N) is 3. The van der Waals surface area contributed by atoms with Gasteiger partial charge in [0.1, 0.15) is 5.75 Å². The van der Waals surface area contributed by atoms with Gasteiger partial charge in [0.15, 0.2) is 0 Å². The summed E-state index contributed by atoms with van der Waals surface area (Å²) in [5.41, 5.74) is 3.47. The Kier molecular flexibility index (Phi) is 10.0. The average Bonchev–Trinajstić information content (AvgIpc) is 3.00. The summed E-state index contributed by atoms with van der Waals surface area (Å²) < 4.78 is 10.2. The van der Waals surface area contributed by atoms with Crippen LogP contribution in [0, 0.1) is 11.3 Å². The summed E-state index contributed by atoms with van der Waals surface area (Å²) in [4.78, 5) is 38.4. The maximum Gasteiger partial charge on any atom is 0.338 e. The second-order valence-corrected chi connectivity index (χ2v) is 10.2. The molecule has 0 aromatic heterocycles.